The molecule has 0 fully saturated rings. The number of hydrogen-bond donors (Lipinski definition) is 0. The van der Waals surface area contributed by atoms with Crippen LogP contribution in [0, 0.1) is 5.41 Å². The van der Waals surface area contributed by atoms with Crippen LogP contribution < -0.4 is 4.90 Å². The largest absolute Gasteiger partial charge is 0.309 e. The van der Waals surface area contributed by atoms with E-state index >= 15 is 0 Å². The minimum atomic E-state index is 0.210. The normalized spacial score (nSPS) is 21.4. The second-order valence-electron chi connectivity index (χ2n) is 11.6. The van der Waals surface area contributed by atoms with Crippen LogP contribution >= 0.6 is 11.9 Å². The Morgan fingerprint density at radius 3 is 2.40 bits per heavy atom. The minimum absolute atomic E-state index is 0.210. The van der Waals surface area contributed by atoms with E-state index in [-0.39, 0.29) is 5.41 Å². The smallest absolute Gasteiger partial charge is 0.150 e. The van der Waals surface area contributed by atoms with E-state index < -0.39 is 0 Å². The number of anilines is 1. The zero-order chi connectivity index (χ0) is 24.5. The molecule has 2 atom stereocenters. The maximum absolute atomic E-state index is 5.24. The van der Waals surface area contributed by atoms with E-state index in [1.165, 1.54) is 89.8 Å². The first-order valence-electron chi connectivity index (χ1n) is 14.0. The van der Waals surface area contributed by atoms with Crippen molar-refractivity contribution in [2.24, 2.45) is 9.81 Å². The van der Waals surface area contributed by atoms with Crippen molar-refractivity contribution >= 4 is 29.0 Å². The lowest BCUT2D eigenvalue weighted by atomic mass is 9.77. The first-order chi connectivity index (χ1) is 16.9. The summed E-state index contributed by atoms with van der Waals surface area (Å²) in [5.41, 5.74) is 13.6. The van der Waals surface area contributed by atoms with Gasteiger partial charge in [0.1, 0.15) is 11.2 Å². The van der Waals surface area contributed by atoms with Gasteiger partial charge in [-0.2, -0.15) is 4.40 Å². The predicted molar refractivity (Wildman–Crippen MR) is 153 cm³/mol. The number of allylic oxidation sites excluding steroid dienone is 1. The van der Waals surface area contributed by atoms with Gasteiger partial charge >= 0.3 is 0 Å². The predicted octanol–water partition coefficient (Wildman–Crippen LogP) is 9.69. The molecule has 184 valence electrons. The van der Waals surface area contributed by atoms with Gasteiger partial charge in [-0.05, 0) is 78.0 Å². The van der Waals surface area contributed by atoms with Gasteiger partial charge in [0.05, 0.1) is 5.69 Å². The SMILES string of the molecule is CCCCCC(C)c1ccc2c(c1)C1=NSC3N1c1c(cc(C(C)C)cc1-2)C1=C(C1)C3(CC)CC. The highest BCUT2D eigenvalue weighted by Crippen LogP contribution is 2.66. The Balaban J connectivity index is 1.55. The van der Waals surface area contributed by atoms with Crippen molar-refractivity contribution in [1.29, 1.82) is 0 Å². The summed E-state index contributed by atoms with van der Waals surface area (Å²) in [6.45, 7) is 14.2. The fourth-order valence-corrected chi connectivity index (χ4v) is 8.30. The summed E-state index contributed by atoms with van der Waals surface area (Å²) in [6.07, 6.45) is 8.75. The number of amidine groups is 1. The average Bonchev–Trinajstić information content (AvgIpc) is 3.56. The fraction of sp³-hybridized carbons (Fsp3) is 0.531. The van der Waals surface area contributed by atoms with Gasteiger partial charge in [0.25, 0.3) is 0 Å². The molecule has 2 aromatic rings. The Morgan fingerprint density at radius 2 is 1.69 bits per heavy atom. The maximum atomic E-state index is 5.24. The van der Waals surface area contributed by atoms with E-state index in [2.05, 4.69) is 76.8 Å². The second kappa shape index (κ2) is 8.54. The molecule has 0 amide bonds. The third-order valence-electron chi connectivity index (χ3n) is 9.38. The molecule has 0 aromatic heterocycles. The monoisotopic (exact) mass is 484 g/mol. The summed E-state index contributed by atoms with van der Waals surface area (Å²) < 4.78 is 5.24. The number of hydrogen-bond acceptors (Lipinski definition) is 3. The summed E-state index contributed by atoms with van der Waals surface area (Å²) in [7, 11) is 0. The molecule has 3 heteroatoms. The zero-order valence-electron chi connectivity index (χ0n) is 22.4. The molecule has 0 N–H and O–H groups in total. The van der Waals surface area contributed by atoms with Crippen molar-refractivity contribution in [3.63, 3.8) is 0 Å². The summed E-state index contributed by atoms with van der Waals surface area (Å²) in [4.78, 5) is 2.67. The molecule has 35 heavy (non-hydrogen) atoms. The van der Waals surface area contributed by atoms with Crippen molar-refractivity contribution < 1.29 is 0 Å². The van der Waals surface area contributed by atoms with Crippen LogP contribution in [0.25, 0.3) is 16.7 Å². The Bertz CT molecular complexity index is 1250. The number of unbranched alkanes of at least 4 members (excludes halogenated alkanes) is 2. The van der Waals surface area contributed by atoms with E-state index in [1.807, 2.05) is 11.9 Å². The van der Waals surface area contributed by atoms with E-state index in [0.29, 0.717) is 17.2 Å². The third kappa shape index (κ3) is 3.33. The molecule has 1 aliphatic carbocycles. The highest BCUT2D eigenvalue weighted by molar-refractivity contribution is 7.99. The van der Waals surface area contributed by atoms with Gasteiger partial charge in [-0.1, -0.05) is 78.5 Å². The lowest BCUT2D eigenvalue weighted by Gasteiger charge is -2.43. The number of fused-ring (bicyclic) bond motifs is 4. The van der Waals surface area contributed by atoms with Crippen molar-refractivity contribution in [3.05, 3.63) is 58.2 Å². The number of nitrogens with zero attached hydrogens (tertiary/aromatic N) is 2. The summed E-state index contributed by atoms with van der Waals surface area (Å²) in [5.74, 6) is 2.31. The first kappa shape index (κ1) is 23.4. The fourth-order valence-electron chi connectivity index (χ4n) is 6.93. The average molecular weight is 485 g/mol. The van der Waals surface area contributed by atoms with E-state index in [1.54, 1.807) is 11.1 Å². The van der Waals surface area contributed by atoms with Crippen LogP contribution in [0.2, 0.25) is 0 Å². The minimum Gasteiger partial charge on any atom is -0.309 e. The van der Waals surface area contributed by atoms with Gasteiger partial charge in [-0.3, -0.25) is 0 Å². The van der Waals surface area contributed by atoms with Crippen LogP contribution in [-0.4, -0.2) is 11.2 Å². The van der Waals surface area contributed by atoms with Gasteiger partial charge in [0, 0.05) is 34.1 Å². The molecule has 3 heterocycles. The van der Waals surface area contributed by atoms with Crippen LogP contribution in [0.5, 0.6) is 0 Å². The molecule has 0 radical (unpaired) electrons. The Morgan fingerprint density at radius 1 is 0.943 bits per heavy atom. The molecular weight excluding hydrogens is 444 g/mol. The molecule has 4 aliphatic rings. The quantitative estimate of drug-likeness (QED) is 0.274. The van der Waals surface area contributed by atoms with Crippen molar-refractivity contribution in [3.8, 4) is 11.1 Å². The van der Waals surface area contributed by atoms with E-state index in [4.69, 9.17) is 4.40 Å². The molecular formula is C32H40N2S. The van der Waals surface area contributed by atoms with Crippen LogP contribution in [0.4, 0.5) is 5.69 Å². The van der Waals surface area contributed by atoms with Crippen molar-refractivity contribution in [1.82, 2.24) is 0 Å². The van der Waals surface area contributed by atoms with Gasteiger partial charge in [0.15, 0.2) is 0 Å². The topological polar surface area (TPSA) is 15.6 Å². The lowest BCUT2D eigenvalue weighted by Crippen LogP contribution is -2.47. The van der Waals surface area contributed by atoms with Crippen LogP contribution in [0.3, 0.4) is 0 Å². The molecule has 2 aromatic carbocycles. The van der Waals surface area contributed by atoms with Gasteiger partial charge in [0.2, 0.25) is 0 Å². The Kier molecular flexibility index (Phi) is 5.71. The Labute approximate surface area is 216 Å². The zero-order valence-corrected chi connectivity index (χ0v) is 23.2. The molecule has 0 saturated heterocycles. The summed E-state index contributed by atoms with van der Waals surface area (Å²) in [6, 6.07) is 12.3. The van der Waals surface area contributed by atoms with Gasteiger partial charge in [-0.25, -0.2) is 0 Å². The second-order valence-corrected chi connectivity index (χ2v) is 12.4. The molecule has 6 rings (SSSR count). The Hall–Kier alpha value is -2.00. The molecule has 0 saturated carbocycles. The van der Waals surface area contributed by atoms with E-state index in [0.717, 1.165) is 0 Å². The molecule has 0 spiro atoms. The number of rotatable bonds is 8. The maximum Gasteiger partial charge on any atom is 0.150 e. The molecule has 0 bridgehead atoms. The highest BCUT2D eigenvalue weighted by Gasteiger charge is 2.56. The molecule has 2 nitrogen and oxygen atoms in total. The van der Waals surface area contributed by atoms with E-state index in [9.17, 15) is 0 Å². The van der Waals surface area contributed by atoms with Crippen molar-refractivity contribution in [2.75, 3.05) is 4.90 Å². The molecule has 2 unspecified atom stereocenters. The van der Waals surface area contributed by atoms with Crippen LogP contribution in [0.15, 0.2) is 40.3 Å². The third-order valence-corrected chi connectivity index (χ3v) is 10.5. The molecule has 3 aliphatic heterocycles. The van der Waals surface area contributed by atoms with Gasteiger partial charge in [-0.15, -0.1) is 0 Å². The summed E-state index contributed by atoms with van der Waals surface area (Å²) in [5, 5.41) is 0.365. The van der Waals surface area contributed by atoms with Crippen molar-refractivity contribution in [2.45, 2.75) is 104 Å². The number of benzene rings is 2. The van der Waals surface area contributed by atoms with Crippen LogP contribution in [-0.2, 0) is 0 Å². The first-order valence-corrected chi connectivity index (χ1v) is 14.9. The van der Waals surface area contributed by atoms with Crippen LogP contribution in [0.1, 0.15) is 121 Å². The van der Waals surface area contributed by atoms with Gasteiger partial charge < -0.3 is 4.90 Å². The summed E-state index contributed by atoms with van der Waals surface area (Å²) >= 11 is 1.84. The highest BCUT2D eigenvalue weighted by atomic mass is 32.2. The standard InChI is InChI=1S/C32H40N2S/c1-7-10-11-12-20(6)21-13-14-23-25-16-22(19(4)5)17-26-24-18-28(24)32(8-2,9-3)31-34(29(25)26)30(33-35-31)27(23)15-21/h13-17,19-20,31H,7-12,18H2,1-6H3. The lowest BCUT2D eigenvalue weighted by molar-refractivity contribution is 0.329.